The molecule has 1 aromatic rings. The number of nitrogens with zero attached hydrogens (tertiary/aromatic N) is 2. The second-order valence-corrected chi connectivity index (χ2v) is 5.95. The summed E-state index contributed by atoms with van der Waals surface area (Å²) in [5.74, 6) is 0. The third-order valence-corrected chi connectivity index (χ3v) is 3.94. The van der Waals surface area contributed by atoms with Crippen molar-refractivity contribution in [1.29, 1.82) is 0 Å². The minimum Gasteiger partial charge on any atom is -0.372 e. The molecule has 1 aromatic heterocycles. The zero-order valence-corrected chi connectivity index (χ0v) is 12.9. The monoisotopic (exact) mass is 362 g/mol. The van der Waals surface area contributed by atoms with Crippen molar-refractivity contribution < 1.29 is 4.74 Å². The number of hydrogen-bond acceptors (Lipinski definition) is 3. The normalized spacial score (nSPS) is 26.1. The van der Waals surface area contributed by atoms with Crippen molar-refractivity contribution in [2.45, 2.75) is 25.7 Å². The van der Waals surface area contributed by atoms with Crippen LogP contribution in [0.15, 0.2) is 22.8 Å². The lowest BCUT2D eigenvalue weighted by Gasteiger charge is -2.35. The summed E-state index contributed by atoms with van der Waals surface area (Å²) in [6, 6.07) is 4.10. The topological polar surface area (TPSA) is 25.4 Å². The summed E-state index contributed by atoms with van der Waals surface area (Å²) in [6.07, 6.45) is 2.43. The molecule has 94 valence electrons. The highest BCUT2D eigenvalue weighted by Gasteiger charge is 2.24. The van der Waals surface area contributed by atoms with Gasteiger partial charge in [0, 0.05) is 35.6 Å². The van der Waals surface area contributed by atoms with Crippen molar-refractivity contribution in [2.24, 2.45) is 0 Å². The molecule has 0 N–H and O–H groups in total. The number of aromatic nitrogens is 1. The van der Waals surface area contributed by atoms with Gasteiger partial charge in [-0.3, -0.25) is 9.88 Å². The van der Waals surface area contributed by atoms with Crippen LogP contribution in [0.5, 0.6) is 0 Å². The minimum atomic E-state index is 0.286. The summed E-state index contributed by atoms with van der Waals surface area (Å²) in [7, 11) is 0. The average Bonchev–Trinajstić information content (AvgIpc) is 2.31. The van der Waals surface area contributed by atoms with Crippen LogP contribution < -0.4 is 0 Å². The van der Waals surface area contributed by atoms with Crippen LogP contribution in [0.25, 0.3) is 0 Å². The highest BCUT2D eigenvalue weighted by atomic mass is 79.9. The van der Waals surface area contributed by atoms with Crippen LogP contribution in [0.2, 0.25) is 0 Å². The minimum absolute atomic E-state index is 0.286. The Morgan fingerprint density at radius 2 is 2.29 bits per heavy atom. The molecular weight excluding hydrogens is 348 g/mol. The van der Waals surface area contributed by atoms with Crippen LogP contribution >= 0.6 is 31.9 Å². The molecule has 2 unspecified atom stereocenters. The van der Waals surface area contributed by atoms with Crippen molar-refractivity contribution in [1.82, 2.24) is 9.88 Å². The molecule has 0 spiro atoms. The molecule has 0 bridgehead atoms. The number of hydrogen-bond donors (Lipinski definition) is 0. The lowest BCUT2D eigenvalue weighted by atomic mass is 10.2. The zero-order valence-electron chi connectivity index (χ0n) is 9.77. The Hall–Kier alpha value is 0.0300. The molecule has 17 heavy (non-hydrogen) atoms. The number of halogens is 2. The summed E-state index contributed by atoms with van der Waals surface area (Å²) in [5, 5.41) is 0.890. The van der Waals surface area contributed by atoms with Crippen LogP contribution in [0.4, 0.5) is 0 Å². The summed E-state index contributed by atoms with van der Waals surface area (Å²) >= 11 is 6.89. The smallest absolute Gasteiger partial charge is 0.0802 e. The van der Waals surface area contributed by atoms with Gasteiger partial charge in [-0.1, -0.05) is 15.9 Å². The fourth-order valence-corrected chi connectivity index (χ4v) is 2.68. The first kappa shape index (κ1) is 13.5. The van der Waals surface area contributed by atoms with E-state index in [9.17, 15) is 0 Å². The molecule has 3 nitrogen and oxygen atoms in total. The van der Waals surface area contributed by atoms with E-state index in [1.54, 1.807) is 0 Å². The van der Waals surface area contributed by atoms with Gasteiger partial charge in [0.2, 0.25) is 0 Å². The van der Waals surface area contributed by atoms with Crippen molar-refractivity contribution in [2.75, 3.05) is 18.4 Å². The van der Waals surface area contributed by atoms with E-state index in [0.29, 0.717) is 6.10 Å². The molecule has 2 rings (SSSR count). The SMILES string of the molecule is CC1CN(Cc2ccc(Br)cn2)CC(CBr)O1. The summed E-state index contributed by atoms with van der Waals surface area (Å²) in [6.45, 7) is 4.95. The van der Waals surface area contributed by atoms with E-state index in [0.717, 1.165) is 35.1 Å². The summed E-state index contributed by atoms with van der Waals surface area (Å²) in [5.41, 5.74) is 1.11. The molecular formula is C12H16Br2N2O. The molecule has 0 radical (unpaired) electrons. The van der Waals surface area contributed by atoms with Crippen LogP contribution in [-0.2, 0) is 11.3 Å². The molecule has 5 heteroatoms. The third-order valence-electron chi connectivity index (χ3n) is 2.75. The molecule has 1 saturated heterocycles. The Balaban J connectivity index is 1.95. The maximum Gasteiger partial charge on any atom is 0.0802 e. The van der Waals surface area contributed by atoms with E-state index >= 15 is 0 Å². The zero-order chi connectivity index (χ0) is 12.3. The number of alkyl halides is 1. The molecule has 0 aromatic carbocycles. The number of morpholine rings is 1. The predicted molar refractivity (Wildman–Crippen MR) is 75.3 cm³/mol. The van der Waals surface area contributed by atoms with Gasteiger partial charge in [-0.2, -0.15) is 0 Å². The van der Waals surface area contributed by atoms with Gasteiger partial charge in [-0.15, -0.1) is 0 Å². The first-order valence-corrected chi connectivity index (χ1v) is 7.63. The standard InChI is InChI=1S/C12H16Br2N2O/c1-9-6-16(8-12(4-13)17-9)7-11-3-2-10(14)5-15-11/h2-3,5,9,12H,4,6-8H2,1H3. The van der Waals surface area contributed by atoms with Crippen LogP contribution in [0.3, 0.4) is 0 Å². The van der Waals surface area contributed by atoms with E-state index < -0.39 is 0 Å². The van der Waals surface area contributed by atoms with Crippen LogP contribution in [0, 0.1) is 0 Å². The van der Waals surface area contributed by atoms with Gasteiger partial charge in [0.25, 0.3) is 0 Å². The summed E-state index contributed by atoms with van der Waals surface area (Å²) < 4.78 is 6.83. The van der Waals surface area contributed by atoms with Crippen molar-refractivity contribution in [3.05, 3.63) is 28.5 Å². The highest BCUT2D eigenvalue weighted by Crippen LogP contribution is 2.16. The molecule has 2 heterocycles. The van der Waals surface area contributed by atoms with Gasteiger partial charge >= 0.3 is 0 Å². The fraction of sp³-hybridized carbons (Fsp3) is 0.583. The van der Waals surface area contributed by atoms with Crippen molar-refractivity contribution >= 4 is 31.9 Å². The van der Waals surface area contributed by atoms with E-state index in [-0.39, 0.29) is 6.10 Å². The third kappa shape index (κ3) is 4.02. The Morgan fingerprint density at radius 1 is 1.47 bits per heavy atom. The largest absolute Gasteiger partial charge is 0.372 e. The molecule has 0 aliphatic carbocycles. The van der Waals surface area contributed by atoms with E-state index in [1.807, 2.05) is 12.3 Å². The number of pyridine rings is 1. The maximum absolute atomic E-state index is 5.81. The predicted octanol–water partition coefficient (Wildman–Crippen LogP) is 2.83. The Kier molecular flexibility index (Phi) is 4.97. The molecule has 0 saturated carbocycles. The van der Waals surface area contributed by atoms with E-state index in [4.69, 9.17) is 4.74 Å². The highest BCUT2D eigenvalue weighted by molar-refractivity contribution is 9.10. The quantitative estimate of drug-likeness (QED) is 0.772. The molecule has 1 aliphatic rings. The average molecular weight is 364 g/mol. The second kappa shape index (κ2) is 6.27. The van der Waals surface area contributed by atoms with Gasteiger partial charge < -0.3 is 4.74 Å². The van der Waals surface area contributed by atoms with Gasteiger partial charge in [-0.05, 0) is 35.0 Å². The second-order valence-electron chi connectivity index (χ2n) is 4.38. The van der Waals surface area contributed by atoms with Gasteiger partial charge in [0.1, 0.15) is 0 Å². The lowest BCUT2D eigenvalue weighted by Crippen LogP contribution is -2.46. The lowest BCUT2D eigenvalue weighted by molar-refractivity contribution is -0.0680. The van der Waals surface area contributed by atoms with E-state index in [2.05, 4.69) is 54.7 Å². The van der Waals surface area contributed by atoms with E-state index in [1.165, 1.54) is 0 Å². The number of rotatable bonds is 3. The van der Waals surface area contributed by atoms with Gasteiger partial charge in [-0.25, -0.2) is 0 Å². The number of ether oxygens (including phenoxy) is 1. The molecule has 2 atom stereocenters. The fourth-order valence-electron chi connectivity index (χ4n) is 2.08. The Bertz CT molecular complexity index is 358. The molecule has 0 amide bonds. The molecule has 1 fully saturated rings. The molecule has 1 aliphatic heterocycles. The Labute approximate surface area is 119 Å². The van der Waals surface area contributed by atoms with Crippen molar-refractivity contribution in [3.8, 4) is 0 Å². The Morgan fingerprint density at radius 3 is 2.94 bits per heavy atom. The first-order chi connectivity index (χ1) is 8.17. The summed E-state index contributed by atoms with van der Waals surface area (Å²) in [4.78, 5) is 6.81. The first-order valence-electron chi connectivity index (χ1n) is 5.71. The van der Waals surface area contributed by atoms with Gasteiger partial charge in [0.05, 0.1) is 17.9 Å². The van der Waals surface area contributed by atoms with Crippen molar-refractivity contribution in [3.63, 3.8) is 0 Å². The van der Waals surface area contributed by atoms with Crippen LogP contribution in [0.1, 0.15) is 12.6 Å². The maximum atomic E-state index is 5.81. The van der Waals surface area contributed by atoms with Crippen LogP contribution in [-0.4, -0.2) is 40.5 Å². The van der Waals surface area contributed by atoms with Gasteiger partial charge in [0.15, 0.2) is 0 Å².